The van der Waals surface area contributed by atoms with Gasteiger partial charge in [0.2, 0.25) is 6.29 Å². The lowest BCUT2D eigenvalue weighted by Crippen LogP contribution is -2.41. The van der Waals surface area contributed by atoms with Gasteiger partial charge in [-0.2, -0.15) is 0 Å². The minimum Gasteiger partial charge on any atom is -0.388 e. The van der Waals surface area contributed by atoms with Gasteiger partial charge in [-0.05, 0) is 23.6 Å². The average Bonchev–Trinajstić information content (AvgIpc) is 2.80. The van der Waals surface area contributed by atoms with Gasteiger partial charge in [0, 0.05) is 12.5 Å². The van der Waals surface area contributed by atoms with Crippen LogP contribution >= 0.6 is 0 Å². The lowest BCUT2D eigenvalue weighted by Gasteiger charge is -2.39. The fourth-order valence-electron chi connectivity index (χ4n) is 3.97. The van der Waals surface area contributed by atoms with E-state index in [0.29, 0.717) is 6.61 Å². The first kappa shape index (κ1) is 19.4. The van der Waals surface area contributed by atoms with E-state index in [-0.39, 0.29) is 11.8 Å². The Morgan fingerprint density at radius 3 is 2.10 bits per heavy atom. The second kappa shape index (κ2) is 9.03. The van der Waals surface area contributed by atoms with Gasteiger partial charge < -0.3 is 14.7 Å². The molecule has 3 aromatic carbocycles. The maximum absolute atomic E-state index is 11.5. The first-order chi connectivity index (χ1) is 14.3. The van der Waals surface area contributed by atoms with Crippen molar-refractivity contribution in [2.45, 2.75) is 25.2 Å². The van der Waals surface area contributed by atoms with Crippen LogP contribution < -0.4 is 0 Å². The molecule has 0 saturated heterocycles. The number of aliphatic hydroxyl groups excluding tert-OH is 1. The number of rotatable bonds is 6. The van der Waals surface area contributed by atoms with E-state index in [1.54, 1.807) is 0 Å². The Hall–Kier alpha value is -2.95. The fraction of sp³-hybridized carbons (Fsp3) is 0.240. The molecule has 1 N–H and O–H groups in total. The van der Waals surface area contributed by atoms with Crippen LogP contribution in [0.1, 0.15) is 35.6 Å². The summed E-state index contributed by atoms with van der Waals surface area (Å²) in [7, 11) is 0. The summed E-state index contributed by atoms with van der Waals surface area (Å²) in [5, 5.41) is 15.9. The maximum Gasteiger partial charge on any atom is 0.234 e. The molecule has 4 rings (SSSR count). The second-order valence-electron chi connectivity index (χ2n) is 7.09. The Morgan fingerprint density at radius 1 is 0.897 bits per heavy atom. The van der Waals surface area contributed by atoms with E-state index in [1.165, 1.54) is 0 Å². The van der Waals surface area contributed by atoms with Crippen LogP contribution in [0.5, 0.6) is 0 Å². The first-order valence-corrected chi connectivity index (χ1v) is 9.98. The molecule has 0 radical (unpaired) electrons. The third kappa shape index (κ3) is 4.09. The van der Waals surface area contributed by atoms with Crippen LogP contribution in [0.15, 0.2) is 96.2 Å². The molecule has 3 aromatic rings. The Morgan fingerprint density at radius 2 is 1.48 bits per heavy atom. The first-order valence-electron chi connectivity index (χ1n) is 9.98. The minimum atomic E-state index is -0.757. The number of aliphatic hydroxyl groups is 1. The standard InChI is InChI=1S/C25H25NO3/c1-2-28-25-21(18-12-6-3-7-13-18)22(24(27)20-16-10-5-11-17-20)23(26-29-25)19-14-8-4-9-15-19/h3-17,21-22,24-25,27H,2H2,1H3. The molecule has 0 spiro atoms. The third-order valence-corrected chi connectivity index (χ3v) is 5.32. The fourth-order valence-corrected chi connectivity index (χ4v) is 3.97. The molecule has 4 nitrogen and oxygen atoms in total. The number of benzene rings is 3. The summed E-state index contributed by atoms with van der Waals surface area (Å²) in [5.41, 5.74) is 3.56. The zero-order valence-corrected chi connectivity index (χ0v) is 16.4. The summed E-state index contributed by atoms with van der Waals surface area (Å²) in [6.07, 6.45) is -1.33. The van der Waals surface area contributed by atoms with Crippen molar-refractivity contribution in [3.05, 3.63) is 108 Å². The minimum absolute atomic E-state index is 0.209. The van der Waals surface area contributed by atoms with Crippen LogP contribution in [-0.4, -0.2) is 23.7 Å². The van der Waals surface area contributed by atoms with E-state index in [1.807, 2.05) is 85.8 Å². The monoisotopic (exact) mass is 387 g/mol. The molecule has 4 heteroatoms. The number of hydrogen-bond acceptors (Lipinski definition) is 4. The molecule has 0 aromatic heterocycles. The van der Waals surface area contributed by atoms with Crippen LogP contribution in [0.2, 0.25) is 0 Å². The Bertz CT molecular complexity index is 928. The van der Waals surface area contributed by atoms with Gasteiger partial charge in [0.15, 0.2) is 0 Å². The summed E-state index contributed by atoms with van der Waals surface area (Å²) in [6, 6.07) is 29.7. The van der Waals surface area contributed by atoms with Crippen molar-refractivity contribution in [2.24, 2.45) is 11.1 Å². The Balaban J connectivity index is 1.85. The maximum atomic E-state index is 11.5. The van der Waals surface area contributed by atoms with Crippen LogP contribution in [0.4, 0.5) is 0 Å². The van der Waals surface area contributed by atoms with Crippen molar-refractivity contribution in [3.63, 3.8) is 0 Å². The zero-order chi connectivity index (χ0) is 20.1. The second-order valence-corrected chi connectivity index (χ2v) is 7.09. The Labute approximate surface area is 171 Å². The molecule has 4 unspecified atom stereocenters. The molecular formula is C25H25NO3. The van der Waals surface area contributed by atoms with Gasteiger partial charge in [-0.3, -0.25) is 0 Å². The van der Waals surface area contributed by atoms with E-state index < -0.39 is 12.4 Å². The summed E-state index contributed by atoms with van der Waals surface area (Å²) < 4.78 is 5.91. The van der Waals surface area contributed by atoms with Gasteiger partial charge in [-0.25, -0.2) is 0 Å². The lowest BCUT2D eigenvalue weighted by atomic mass is 9.74. The van der Waals surface area contributed by atoms with E-state index >= 15 is 0 Å². The van der Waals surface area contributed by atoms with E-state index in [0.717, 1.165) is 22.4 Å². The molecule has 1 aliphatic heterocycles. The quantitative estimate of drug-likeness (QED) is 0.653. The van der Waals surface area contributed by atoms with Gasteiger partial charge in [-0.15, -0.1) is 0 Å². The highest BCUT2D eigenvalue weighted by Gasteiger charge is 2.44. The van der Waals surface area contributed by atoms with Crippen LogP contribution in [-0.2, 0) is 9.57 Å². The molecule has 148 valence electrons. The van der Waals surface area contributed by atoms with Crippen molar-refractivity contribution in [1.82, 2.24) is 0 Å². The topological polar surface area (TPSA) is 51.0 Å². The van der Waals surface area contributed by atoms with Crippen LogP contribution in [0, 0.1) is 5.92 Å². The summed E-state index contributed by atoms with van der Waals surface area (Å²) in [4.78, 5) is 5.82. The van der Waals surface area contributed by atoms with Crippen molar-refractivity contribution in [3.8, 4) is 0 Å². The third-order valence-electron chi connectivity index (χ3n) is 5.32. The highest BCUT2D eigenvalue weighted by molar-refractivity contribution is 6.03. The molecule has 29 heavy (non-hydrogen) atoms. The SMILES string of the molecule is CCOC1ON=C(c2ccccc2)C(C(O)c2ccccc2)C1c1ccccc1. The number of nitrogens with zero attached hydrogens (tertiary/aromatic N) is 1. The smallest absolute Gasteiger partial charge is 0.234 e. The van der Waals surface area contributed by atoms with Crippen molar-refractivity contribution >= 4 is 5.71 Å². The normalized spacial score (nSPS) is 22.4. The van der Waals surface area contributed by atoms with Crippen molar-refractivity contribution in [1.29, 1.82) is 0 Å². The number of oxime groups is 1. The van der Waals surface area contributed by atoms with E-state index in [9.17, 15) is 5.11 Å². The van der Waals surface area contributed by atoms with Gasteiger partial charge in [0.1, 0.15) is 0 Å². The summed E-state index contributed by atoms with van der Waals surface area (Å²) >= 11 is 0. The van der Waals surface area contributed by atoms with Crippen molar-refractivity contribution < 1.29 is 14.7 Å². The van der Waals surface area contributed by atoms with Gasteiger partial charge >= 0.3 is 0 Å². The zero-order valence-electron chi connectivity index (χ0n) is 16.4. The lowest BCUT2D eigenvalue weighted by molar-refractivity contribution is -0.172. The van der Waals surface area contributed by atoms with E-state index in [4.69, 9.17) is 9.57 Å². The molecular weight excluding hydrogens is 362 g/mol. The van der Waals surface area contributed by atoms with Crippen LogP contribution in [0.3, 0.4) is 0 Å². The van der Waals surface area contributed by atoms with Gasteiger partial charge in [0.25, 0.3) is 0 Å². The summed E-state index contributed by atoms with van der Waals surface area (Å²) in [5.74, 6) is -0.536. The average molecular weight is 387 g/mol. The highest BCUT2D eigenvalue weighted by atomic mass is 16.8. The van der Waals surface area contributed by atoms with Gasteiger partial charge in [0.05, 0.1) is 17.7 Å². The molecule has 1 aliphatic rings. The van der Waals surface area contributed by atoms with Gasteiger partial charge in [-0.1, -0.05) is 96.2 Å². The van der Waals surface area contributed by atoms with Crippen molar-refractivity contribution in [2.75, 3.05) is 6.61 Å². The number of ether oxygens (including phenoxy) is 1. The summed E-state index contributed by atoms with van der Waals surface area (Å²) in [6.45, 7) is 2.43. The predicted octanol–water partition coefficient (Wildman–Crippen LogP) is 4.92. The molecule has 0 bridgehead atoms. The molecule has 0 saturated carbocycles. The molecule has 4 atom stereocenters. The number of hydrogen-bond donors (Lipinski definition) is 1. The molecule has 0 amide bonds. The Kier molecular flexibility index (Phi) is 6.03. The molecule has 0 aliphatic carbocycles. The highest BCUT2D eigenvalue weighted by Crippen LogP contribution is 2.43. The molecule has 0 fully saturated rings. The van der Waals surface area contributed by atoms with Crippen LogP contribution in [0.25, 0.3) is 0 Å². The van der Waals surface area contributed by atoms with E-state index in [2.05, 4.69) is 17.3 Å². The largest absolute Gasteiger partial charge is 0.388 e. The molecule has 1 heterocycles. The predicted molar refractivity (Wildman–Crippen MR) is 114 cm³/mol.